The number of aryl methyl sites for hydroxylation is 2. The number of hydrogen-bond acceptors (Lipinski definition) is 5. The molecule has 1 unspecified atom stereocenters. The van der Waals surface area contributed by atoms with Gasteiger partial charge < -0.3 is 14.7 Å². The van der Waals surface area contributed by atoms with Crippen molar-refractivity contribution in [1.29, 1.82) is 0 Å². The first-order valence-corrected chi connectivity index (χ1v) is 7.02. The molecular formula is C14H21N3O4. The van der Waals surface area contributed by atoms with E-state index in [2.05, 4.69) is 4.98 Å². The molecule has 0 saturated carbocycles. The molecule has 0 aromatic carbocycles. The topological polar surface area (TPSA) is 84.7 Å². The molecule has 2 heterocycles. The number of aromatic nitrogens is 2. The van der Waals surface area contributed by atoms with Crippen LogP contribution in [0.5, 0.6) is 0 Å². The second kappa shape index (κ2) is 6.82. The minimum absolute atomic E-state index is 0.0190. The van der Waals surface area contributed by atoms with Crippen molar-refractivity contribution in [3.8, 4) is 0 Å². The van der Waals surface area contributed by atoms with Crippen LogP contribution in [0.3, 0.4) is 0 Å². The Balaban J connectivity index is 2.12. The predicted molar refractivity (Wildman–Crippen MR) is 75.9 cm³/mol. The van der Waals surface area contributed by atoms with E-state index in [9.17, 15) is 14.7 Å². The maximum atomic E-state index is 12.4. The normalized spacial score (nSPS) is 19.4. The highest BCUT2D eigenvalue weighted by Gasteiger charge is 2.22. The van der Waals surface area contributed by atoms with Gasteiger partial charge in [-0.15, -0.1) is 0 Å². The molecule has 21 heavy (non-hydrogen) atoms. The summed E-state index contributed by atoms with van der Waals surface area (Å²) < 4.78 is 6.73. The van der Waals surface area contributed by atoms with Gasteiger partial charge in [-0.05, 0) is 19.9 Å². The second-order valence-electron chi connectivity index (χ2n) is 5.37. The van der Waals surface area contributed by atoms with E-state index in [1.54, 1.807) is 24.8 Å². The average Bonchev–Trinajstić information content (AvgIpc) is 2.68. The third-order valence-corrected chi connectivity index (χ3v) is 3.59. The van der Waals surface area contributed by atoms with Crippen LogP contribution in [0.25, 0.3) is 0 Å². The van der Waals surface area contributed by atoms with Gasteiger partial charge in [-0.1, -0.05) is 0 Å². The van der Waals surface area contributed by atoms with Crippen molar-refractivity contribution in [3.05, 3.63) is 27.9 Å². The molecule has 1 aliphatic heterocycles. The lowest BCUT2D eigenvalue weighted by Crippen LogP contribution is -2.41. The number of hydrogen-bond donors (Lipinski definition) is 1. The van der Waals surface area contributed by atoms with Gasteiger partial charge in [0.05, 0.1) is 13.2 Å². The van der Waals surface area contributed by atoms with Crippen molar-refractivity contribution in [2.45, 2.75) is 20.4 Å². The van der Waals surface area contributed by atoms with Crippen LogP contribution in [0, 0.1) is 19.8 Å². The van der Waals surface area contributed by atoms with Gasteiger partial charge in [0.1, 0.15) is 6.54 Å². The van der Waals surface area contributed by atoms with Crippen molar-refractivity contribution in [2.75, 3.05) is 32.9 Å². The molecule has 116 valence electrons. The summed E-state index contributed by atoms with van der Waals surface area (Å²) in [5, 5.41) is 9.24. The molecule has 7 heteroatoms. The lowest BCUT2D eigenvalue weighted by atomic mass is 10.1. The van der Waals surface area contributed by atoms with Crippen molar-refractivity contribution in [3.63, 3.8) is 0 Å². The smallest absolute Gasteiger partial charge is 0.348 e. The highest BCUT2D eigenvalue weighted by atomic mass is 16.5. The number of nitrogens with zero attached hydrogens (tertiary/aromatic N) is 3. The number of carbonyl (C=O) groups is 1. The monoisotopic (exact) mass is 295 g/mol. The zero-order valence-electron chi connectivity index (χ0n) is 12.4. The Labute approximate surface area is 123 Å². The van der Waals surface area contributed by atoms with Crippen LogP contribution in [-0.2, 0) is 16.1 Å². The van der Waals surface area contributed by atoms with E-state index in [4.69, 9.17) is 4.74 Å². The Morgan fingerprint density at radius 2 is 2.29 bits per heavy atom. The maximum Gasteiger partial charge on any atom is 0.348 e. The van der Waals surface area contributed by atoms with E-state index in [1.807, 2.05) is 0 Å². The first-order chi connectivity index (χ1) is 10.0. The van der Waals surface area contributed by atoms with Crippen molar-refractivity contribution < 1.29 is 14.6 Å². The Bertz CT molecular complexity index is 570. The van der Waals surface area contributed by atoms with E-state index < -0.39 is 5.69 Å². The van der Waals surface area contributed by atoms with Crippen LogP contribution in [0.15, 0.2) is 10.9 Å². The molecule has 1 atom stereocenters. The van der Waals surface area contributed by atoms with Gasteiger partial charge in [0.15, 0.2) is 0 Å². The molecule has 2 rings (SSSR count). The quantitative estimate of drug-likeness (QED) is 0.799. The molecule has 0 aliphatic carbocycles. The fraction of sp³-hybridized carbons (Fsp3) is 0.643. The Hall–Kier alpha value is -1.73. The summed E-state index contributed by atoms with van der Waals surface area (Å²) in [6, 6.07) is 1.77. The number of aliphatic hydroxyl groups excluding tert-OH is 1. The third-order valence-electron chi connectivity index (χ3n) is 3.59. The van der Waals surface area contributed by atoms with Gasteiger partial charge in [0, 0.05) is 37.0 Å². The first kappa shape index (κ1) is 15.7. The van der Waals surface area contributed by atoms with Gasteiger partial charge in [-0.3, -0.25) is 9.36 Å². The summed E-state index contributed by atoms with van der Waals surface area (Å²) in [6.07, 6.45) is 0. The van der Waals surface area contributed by atoms with Crippen LogP contribution >= 0.6 is 0 Å². The van der Waals surface area contributed by atoms with E-state index in [1.165, 1.54) is 4.57 Å². The highest BCUT2D eigenvalue weighted by Crippen LogP contribution is 2.08. The molecule has 0 spiro atoms. The Morgan fingerprint density at radius 3 is 2.95 bits per heavy atom. The largest absolute Gasteiger partial charge is 0.396 e. The summed E-state index contributed by atoms with van der Waals surface area (Å²) in [6.45, 7) is 5.30. The highest BCUT2D eigenvalue weighted by molar-refractivity contribution is 5.76. The summed E-state index contributed by atoms with van der Waals surface area (Å²) in [5.41, 5.74) is 0.945. The van der Waals surface area contributed by atoms with Crippen LogP contribution in [0.4, 0.5) is 0 Å². The zero-order valence-corrected chi connectivity index (χ0v) is 12.4. The second-order valence-corrected chi connectivity index (χ2v) is 5.37. The van der Waals surface area contributed by atoms with Crippen molar-refractivity contribution in [2.24, 2.45) is 5.92 Å². The lowest BCUT2D eigenvalue weighted by molar-refractivity contribution is -0.132. The minimum atomic E-state index is -0.411. The van der Waals surface area contributed by atoms with Gasteiger partial charge in [-0.25, -0.2) is 4.79 Å². The summed E-state index contributed by atoms with van der Waals surface area (Å²) in [4.78, 5) is 29.7. The van der Waals surface area contributed by atoms with Crippen molar-refractivity contribution >= 4 is 5.91 Å². The fourth-order valence-electron chi connectivity index (χ4n) is 2.42. The molecule has 7 nitrogen and oxygen atoms in total. The molecule has 1 aromatic rings. The molecule has 0 bridgehead atoms. The van der Waals surface area contributed by atoms with Crippen molar-refractivity contribution in [1.82, 2.24) is 14.5 Å². The Kier molecular flexibility index (Phi) is 5.08. The summed E-state index contributed by atoms with van der Waals surface area (Å²) >= 11 is 0. The molecule has 1 aromatic heterocycles. The first-order valence-electron chi connectivity index (χ1n) is 7.02. The maximum absolute atomic E-state index is 12.4. The minimum Gasteiger partial charge on any atom is -0.396 e. The van der Waals surface area contributed by atoms with Gasteiger partial charge in [0.2, 0.25) is 5.91 Å². The van der Waals surface area contributed by atoms with E-state index in [0.717, 1.165) is 0 Å². The summed E-state index contributed by atoms with van der Waals surface area (Å²) in [5.74, 6) is -0.236. The van der Waals surface area contributed by atoms with Gasteiger partial charge in [-0.2, -0.15) is 4.98 Å². The average molecular weight is 295 g/mol. The van der Waals surface area contributed by atoms with Crippen LogP contribution in [0.2, 0.25) is 0 Å². The molecule has 1 aliphatic rings. The molecule has 1 N–H and O–H groups in total. The third kappa shape index (κ3) is 3.89. The number of amides is 1. The number of rotatable bonds is 3. The zero-order chi connectivity index (χ0) is 15.4. The predicted octanol–water partition coefficient (Wildman–Crippen LogP) is -0.673. The fourth-order valence-corrected chi connectivity index (χ4v) is 2.42. The lowest BCUT2D eigenvalue weighted by Gasteiger charge is -2.23. The number of carbonyl (C=O) groups excluding carboxylic acids is 1. The molecule has 1 fully saturated rings. The molecule has 1 saturated heterocycles. The SMILES string of the molecule is Cc1cc(C)n(CC(=O)N2CCOCC(CO)C2)c(=O)n1. The van der Waals surface area contributed by atoms with Crippen LogP contribution < -0.4 is 5.69 Å². The molecular weight excluding hydrogens is 274 g/mol. The van der Waals surface area contributed by atoms with Gasteiger partial charge >= 0.3 is 5.69 Å². The molecule has 0 radical (unpaired) electrons. The summed E-state index contributed by atoms with van der Waals surface area (Å²) in [7, 11) is 0. The number of ether oxygens (including phenoxy) is 1. The van der Waals surface area contributed by atoms with Gasteiger partial charge in [0.25, 0.3) is 0 Å². The number of aliphatic hydroxyl groups is 1. The van der Waals surface area contributed by atoms with Crippen LogP contribution in [0.1, 0.15) is 11.4 Å². The molecule has 1 amide bonds. The van der Waals surface area contributed by atoms with Crippen LogP contribution in [-0.4, -0.2) is 58.4 Å². The van der Waals surface area contributed by atoms with E-state index in [-0.39, 0.29) is 25.0 Å². The van der Waals surface area contributed by atoms with E-state index >= 15 is 0 Å². The standard InChI is InChI=1S/C14H21N3O4/c1-10-5-11(2)17(14(20)15-10)7-13(19)16-3-4-21-9-12(6-16)8-18/h5,12,18H,3-4,6-9H2,1-2H3. The Morgan fingerprint density at radius 1 is 1.52 bits per heavy atom. The van der Waals surface area contributed by atoms with E-state index in [0.29, 0.717) is 37.7 Å².